The van der Waals surface area contributed by atoms with Crippen LogP contribution in [0.5, 0.6) is 0 Å². The van der Waals surface area contributed by atoms with Crippen LogP contribution in [0.15, 0.2) is 48.8 Å². The molecule has 1 aliphatic rings. The van der Waals surface area contributed by atoms with Crippen LogP contribution in [0.4, 0.5) is 0 Å². The van der Waals surface area contributed by atoms with Crippen LogP contribution in [0, 0.1) is 12.8 Å². The van der Waals surface area contributed by atoms with Gasteiger partial charge in [-0.15, -0.1) is 0 Å². The fraction of sp³-hybridized carbons (Fsp3) is 0.300. The number of carbonyl (C=O) groups is 1. The number of pyridine rings is 1. The van der Waals surface area contributed by atoms with Gasteiger partial charge in [0.1, 0.15) is 0 Å². The van der Waals surface area contributed by atoms with E-state index in [1.165, 1.54) is 5.56 Å². The Balaban J connectivity index is 1.59. The molecule has 0 unspecified atom stereocenters. The Morgan fingerprint density at radius 3 is 2.71 bits per heavy atom. The third kappa shape index (κ3) is 3.85. The highest BCUT2D eigenvalue weighted by molar-refractivity contribution is 6.32. The molecule has 0 spiro atoms. The van der Waals surface area contributed by atoms with Gasteiger partial charge in [0.25, 0.3) is 5.91 Å². The molecular weight excluding hydrogens is 320 g/mol. The van der Waals surface area contributed by atoms with Gasteiger partial charge in [-0.25, -0.2) is 0 Å². The lowest BCUT2D eigenvalue weighted by atomic mass is 9.94. The van der Waals surface area contributed by atoms with E-state index in [1.807, 2.05) is 23.1 Å². The lowest BCUT2D eigenvalue weighted by Crippen LogP contribution is -2.38. The zero-order chi connectivity index (χ0) is 16.9. The first-order valence-corrected chi connectivity index (χ1v) is 8.65. The predicted octanol–water partition coefficient (Wildman–Crippen LogP) is 4.61. The second-order valence-electron chi connectivity index (χ2n) is 6.20. The van der Waals surface area contributed by atoms with E-state index in [9.17, 15) is 4.79 Å². The Kier molecular flexibility index (Phi) is 5.31. The number of allylic oxidation sites excluding steroid dienone is 1. The number of hydrogen-bond donors (Lipinski definition) is 0. The molecule has 0 aliphatic carbocycles. The van der Waals surface area contributed by atoms with Crippen molar-refractivity contribution in [3.8, 4) is 0 Å². The van der Waals surface area contributed by atoms with E-state index in [0.29, 0.717) is 11.5 Å². The van der Waals surface area contributed by atoms with Gasteiger partial charge >= 0.3 is 0 Å². The van der Waals surface area contributed by atoms with Gasteiger partial charge in [0, 0.05) is 30.5 Å². The SMILES string of the molecule is Cc1cccc(Cl)c1/C=C/C1CCN(C(=O)c2cccnc2)CC1. The Morgan fingerprint density at radius 1 is 1.25 bits per heavy atom. The minimum absolute atomic E-state index is 0.0764. The highest BCUT2D eigenvalue weighted by Gasteiger charge is 2.22. The first kappa shape index (κ1) is 16.7. The van der Waals surface area contributed by atoms with Crippen LogP contribution in [0.1, 0.15) is 34.3 Å². The molecule has 0 saturated carbocycles. The summed E-state index contributed by atoms with van der Waals surface area (Å²) in [4.78, 5) is 18.4. The van der Waals surface area contributed by atoms with Gasteiger partial charge in [0.2, 0.25) is 0 Å². The number of amides is 1. The number of carbonyl (C=O) groups excluding carboxylic acids is 1. The van der Waals surface area contributed by atoms with E-state index in [4.69, 9.17) is 11.6 Å². The van der Waals surface area contributed by atoms with Crippen molar-refractivity contribution in [2.75, 3.05) is 13.1 Å². The van der Waals surface area contributed by atoms with E-state index in [2.05, 4.69) is 30.1 Å². The number of benzene rings is 1. The van der Waals surface area contributed by atoms with E-state index in [-0.39, 0.29) is 5.91 Å². The molecule has 3 nitrogen and oxygen atoms in total. The van der Waals surface area contributed by atoms with Crippen molar-refractivity contribution in [1.29, 1.82) is 0 Å². The zero-order valence-corrected chi connectivity index (χ0v) is 14.5. The molecule has 1 aromatic carbocycles. The summed E-state index contributed by atoms with van der Waals surface area (Å²) in [6, 6.07) is 9.58. The normalized spacial score (nSPS) is 15.8. The smallest absolute Gasteiger partial charge is 0.255 e. The summed E-state index contributed by atoms with van der Waals surface area (Å²) in [5, 5.41) is 0.787. The molecule has 0 N–H and O–H groups in total. The number of aryl methyl sites for hydroxylation is 1. The van der Waals surface area contributed by atoms with Gasteiger partial charge < -0.3 is 4.90 Å². The van der Waals surface area contributed by atoms with Gasteiger partial charge in [-0.3, -0.25) is 9.78 Å². The maximum atomic E-state index is 12.4. The summed E-state index contributed by atoms with van der Waals surface area (Å²) >= 11 is 6.27. The molecule has 1 amide bonds. The summed E-state index contributed by atoms with van der Waals surface area (Å²) in [5.41, 5.74) is 2.94. The maximum absolute atomic E-state index is 12.4. The molecule has 1 aliphatic heterocycles. The second-order valence-corrected chi connectivity index (χ2v) is 6.61. The number of rotatable bonds is 3. The van der Waals surface area contributed by atoms with E-state index in [0.717, 1.165) is 36.5 Å². The summed E-state index contributed by atoms with van der Waals surface area (Å²) in [6.07, 6.45) is 9.64. The number of aromatic nitrogens is 1. The van der Waals surface area contributed by atoms with E-state index >= 15 is 0 Å². The molecule has 3 rings (SSSR count). The third-order valence-electron chi connectivity index (χ3n) is 4.54. The Morgan fingerprint density at radius 2 is 2.04 bits per heavy atom. The fourth-order valence-corrected chi connectivity index (χ4v) is 3.34. The van der Waals surface area contributed by atoms with Gasteiger partial charge in [-0.1, -0.05) is 35.9 Å². The van der Waals surface area contributed by atoms with Crippen molar-refractivity contribution in [1.82, 2.24) is 9.88 Å². The van der Waals surface area contributed by atoms with Crippen molar-refractivity contribution in [3.63, 3.8) is 0 Å². The van der Waals surface area contributed by atoms with Gasteiger partial charge in [-0.05, 0) is 55.0 Å². The molecule has 4 heteroatoms. The highest BCUT2D eigenvalue weighted by Crippen LogP contribution is 2.25. The van der Waals surface area contributed by atoms with E-state index in [1.54, 1.807) is 18.5 Å². The topological polar surface area (TPSA) is 33.2 Å². The van der Waals surface area contributed by atoms with Crippen molar-refractivity contribution in [2.45, 2.75) is 19.8 Å². The van der Waals surface area contributed by atoms with Crippen LogP contribution < -0.4 is 0 Å². The highest BCUT2D eigenvalue weighted by atomic mass is 35.5. The van der Waals surface area contributed by atoms with Crippen LogP contribution in [-0.4, -0.2) is 28.9 Å². The molecule has 0 atom stereocenters. The standard InChI is InChI=1S/C20H21ClN2O/c1-15-4-2-6-19(21)18(15)8-7-16-9-12-23(13-10-16)20(24)17-5-3-11-22-14-17/h2-8,11,14,16H,9-10,12-13H2,1H3/b8-7+. The summed E-state index contributed by atoms with van der Waals surface area (Å²) < 4.78 is 0. The minimum Gasteiger partial charge on any atom is -0.339 e. The van der Waals surface area contributed by atoms with Gasteiger partial charge in [-0.2, -0.15) is 0 Å². The maximum Gasteiger partial charge on any atom is 0.255 e. The molecule has 0 bridgehead atoms. The number of nitrogens with zero attached hydrogens (tertiary/aromatic N) is 2. The first-order valence-electron chi connectivity index (χ1n) is 8.28. The predicted molar refractivity (Wildman–Crippen MR) is 98.1 cm³/mol. The first-order chi connectivity index (χ1) is 11.6. The molecule has 2 heterocycles. The summed E-state index contributed by atoms with van der Waals surface area (Å²) in [5.74, 6) is 0.561. The molecule has 1 aromatic heterocycles. The summed E-state index contributed by atoms with van der Waals surface area (Å²) in [7, 11) is 0. The quantitative estimate of drug-likeness (QED) is 0.817. The van der Waals surface area contributed by atoms with Crippen molar-refractivity contribution in [3.05, 3.63) is 70.5 Å². The Bertz CT molecular complexity index is 714. The number of piperidine rings is 1. The molecule has 1 saturated heterocycles. The summed E-state index contributed by atoms with van der Waals surface area (Å²) in [6.45, 7) is 3.63. The molecule has 24 heavy (non-hydrogen) atoms. The number of hydrogen-bond acceptors (Lipinski definition) is 2. The fourth-order valence-electron chi connectivity index (χ4n) is 3.06. The van der Waals surface area contributed by atoms with Crippen LogP contribution in [-0.2, 0) is 0 Å². The average Bonchev–Trinajstić information content (AvgIpc) is 2.62. The zero-order valence-electron chi connectivity index (χ0n) is 13.8. The van der Waals surface area contributed by atoms with Gasteiger partial charge in [0.05, 0.1) is 5.56 Å². The third-order valence-corrected chi connectivity index (χ3v) is 4.87. The van der Waals surface area contributed by atoms with Crippen LogP contribution in [0.3, 0.4) is 0 Å². The monoisotopic (exact) mass is 340 g/mol. The lowest BCUT2D eigenvalue weighted by Gasteiger charge is -2.30. The number of halogens is 1. The van der Waals surface area contributed by atoms with Crippen LogP contribution in [0.25, 0.3) is 6.08 Å². The number of likely N-dealkylation sites (tertiary alicyclic amines) is 1. The Hall–Kier alpha value is -2.13. The van der Waals surface area contributed by atoms with Crippen LogP contribution >= 0.6 is 11.6 Å². The molecule has 124 valence electrons. The molecular formula is C20H21ClN2O. The largest absolute Gasteiger partial charge is 0.339 e. The lowest BCUT2D eigenvalue weighted by molar-refractivity contribution is 0.0705. The van der Waals surface area contributed by atoms with Crippen molar-refractivity contribution < 1.29 is 4.79 Å². The molecule has 1 fully saturated rings. The minimum atomic E-state index is 0.0764. The van der Waals surface area contributed by atoms with Crippen LogP contribution in [0.2, 0.25) is 5.02 Å². The molecule has 0 radical (unpaired) electrons. The van der Waals surface area contributed by atoms with E-state index < -0.39 is 0 Å². The molecule has 2 aromatic rings. The Labute approximate surface area is 148 Å². The second kappa shape index (κ2) is 7.63. The van der Waals surface area contributed by atoms with Crippen molar-refractivity contribution in [2.24, 2.45) is 5.92 Å². The van der Waals surface area contributed by atoms with Gasteiger partial charge in [0.15, 0.2) is 0 Å². The van der Waals surface area contributed by atoms with Crippen molar-refractivity contribution >= 4 is 23.6 Å². The average molecular weight is 341 g/mol.